The highest BCUT2D eigenvalue weighted by atomic mass is 16.6. The summed E-state index contributed by atoms with van der Waals surface area (Å²) in [5.74, 6) is -1.03. The van der Waals surface area contributed by atoms with Crippen LogP contribution >= 0.6 is 0 Å². The van der Waals surface area contributed by atoms with Gasteiger partial charge in [0.1, 0.15) is 11.6 Å². The van der Waals surface area contributed by atoms with Gasteiger partial charge in [0.05, 0.1) is 11.1 Å². The van der Waals surface area contributed by atoms with E-state index < -0.39 is 35.5 Å². The van der Waals surface area contributed by atoms with Gasteiger partial charge in [-0.2, -0.15) is 0 Å². The third-order valence-corrected chi connectivity index (χ3v) is 6.38. The second-order valence-corrected chi connectivity index (χ2v) is 9.19. The van der Waals surface area contributed by atoms with E-state index in [-0.39, 0.29) is 23.1 Å². The van der Waals surface area contributed by atoms with Crippen molar-refractivity contribution < 1.29 is 23.9 Å². The maximum absolute atomic E-state index is 13.4. The number of piperidine rings is 1. The Hall–Kier alpha value is -2.70. The molecule has 3 fully saturated rings. The summed E-state index contributed by atoms with van der Waals surface area (Å²) in [4.78, 5) is 54.0. The Morgan fingerprint density at radius 1 is 0.964 bits per heavy atom. The van der Waals surface area contributed by atoms with Crippen molar-refractivity contribution in [1.82, 2.24) is 9.80 Å². The first-order valence-corrected chi connectivity index (χ1v) is 9.72. The minimum Gasteiger partial charge on any atom is -0.444 e. The Labute approximate surface area is 162 Å². The molecule has 28 heavy (non-hydrogen) atoms. The number of nitrogens with zero attached hydrogens (tertiary/aromatic N) is 2. The van der Waals surface area contributed by atoms with Crippen molar-refractivity contribution in [3.05, 3.63) is 35.4 Å². The van der Waals surface area contributed by atoms with Gasteiger partial charge in [0.25, 0.3) is 17.7 Å². The molecule has 2 aliphatic carbocycles. The first-order valence-electron chi connectivity index (χ1n) is 9.72. The van der Waals surface area contributed by atoms with Crippen molar-refractivity contribution in [2.45, 2.75) is 51.3 Å². The second-order valence-electron chi connectivity index (χ2n) is 9.19. The number of carbonyl (C=O) groups is 4. The maximum atomic E-state index is 13.4. The molecule has 0 aromatic heterocycles. The Morgan fingerprint density at radius 3 is 2.14 bits per heavy atom. The molecule has 4 aliphatic rings. The quantitative estimate of drug-likeness (QED) is 0.697. The third kappa shape index (κ3) is 2.28. The molecule has 1 aromatic rings. The van der Waals surface area contributed by atoms with Crippen molar-refractivity contribution in [3.63, 3.8) is 0 Å². The van der Waals surface area contributed by atoms with Gasteiger partial charge in [0.15, 0.2) is 0 Å². The largest absolute Gasteiger partial charge is 0.444 e. The number of ether oxygens (including phenoxy) is 1. The molecule has 2 unspecified atom stereocenters. The summed E-state index contributed by atoms with van der Waals surface area (Å²) in [6.45, 7) is 5.33. The lowest BCUT2D eigenvalue weighted by Gasteiger charge is -2.36. The predicted octanol–water partition coefficient (Wildman–Crippen LogP) is 2.45. The number of hydrogen-bond acceptors (Lipinski definition) is 5. The van der Waals surface area contributed by atoms with E-state index in [1.807, 2.05) is 0 Å². The molecule has 0 radical (unpaired) electrons. The predicted molar refractivity (Wildman–Crippen MR) is 97.3 cm³/mol. The smallest absolute Gasteiger partial charge is 0.411 e. The Morgan fingerprint density at radius 2 is 1.57 bits per heavy atom. The minimum atomic E-state index is -0.814. The van der Waals surface area contributed by atoms with E-state index in [9.17, 15) is 19.2 Å². The molecule has 0 N–H and O–H groups in total. The van der Waals surface area contributed by atoms with E-state index in [1.54, 1.807) is 45.0 Å². The molecule has 5 atom stereocenters. The number of likely N-dealkylation sites (tertiary alicyclic amines) is 1. The lowest BCUT2D eigenvalue weighted by Crippen LogP contribution is -2.56. The Balaban J connectivity index is 1.48. The zero-order valence-corrected chi connectivity index (χ0v) is 16.0. The van der Waals surface area contributed by atoms with Crippen molar-refractivity contribution in [1.29, 1.82) is 0 Å². The van der Waals surface area contributed by atoms with E-state index in [0.717, 1.165) is 17.7 Å². The standard InChI is InChI=1S/C21H22N2O5/c1-21(2,3)28-20(27)22-15-9-14(12-8-13(12)15)16(22)19(26)23-17(24)10-6-4-5-7-11(10)18(23)25/h4-7,12-16H,8-9H2,1-3H3/t12-,13+,14?,15?,16-/m1/s1. The van der Waals surface area contributed by atoms with Crippen LogP contribution in [0.25, 0.3) is 0 Å². The van der Waals surface area contributed by atoms with Gasteiger partial charge in [-0.15, -0.1) is 0 Å². The van der Waals surface area contributed by atoms with E-state index in [0.29, 0.717) is 11.8 Å². The average molecular weight is 382 g/mol. The molecule has 2 bridgehead atoms. The van der Waals surface area contributed by atoms with Gasteiger partial charge in [0, 0.05) is 6.04 Å². The van der Waals surface area contributed by atoms with Crippen molar-refractivity contribution in [3.8, 4) is 0 Å². The average Bonchev–Trinajstić information content (AvgIpc) is 3.14. The maximum Gasteiger partial charge on any atom is 0.411 e. The monoisotopic (exact) mass is 382 g/mol. The number of rotatable bonds is 1. The SMILES string of the molecule is CC(C)(C)OC(=O)N1C2CC([C@@H]3C[C@H]23)[C@@H]1C(=O)N1C(=O)c2ccccc2C1=O. The molecular weight excluding hydrogens is 360 g/mol. The van der Waals surface area contributed by atoms with Gasteiger partial charge in [0.2, 0.25) is 0 Å². The van der Waals surface area contributed by atoms with Crippen LogP contribution in [0.2, 0.25) is 0 Å². The molecule has 7 nitrogen and oxygen atoms in total. The molecule has 2 saturated carbocycles. The van der Waals surface area contributed by atoms with E-state index in [1.165, 1.54) is 4.90 Å². The summed E-state index contributed by atoms with van der Waals surface area (Å²) in [6.07, 6.45) is 1.18. The topological polar surface area (TPSA) is 84.0 Å². The lowest BCUT2D eigenvalue weighted by atomic mass is 9.95. The molecule has 1 saturated heterocycles. The fourth-order valence-electron chi connectivity index (χ4n) is 5.28. The van der Waals surface area contributed by atoms with Gasteiger partial charge in [-0.25, -0.2) is 9.69 Å². The Bertz CT molecular complexity index is 898. The normalized spacial score (nSPS) is 32.5. The van der Waals surface area contributed by atoms with Crippen LogP contribution in [0.5, 0.6) is 0 Å². The summed E-state index contributed by atoms with van der Waals surface area (Å²) >= 11 is 0. The molecule has 1 aromatic carbocycles. The van der Waals surface area contributed by atoms with Crippen LogP contribution < -0.4 is 0 Å². The highest BCUT2D eigenvalue weighted by molar-refractivity contribution is 6.29. The minimum absolute atomic E-state index is 0.0145. The summed E-state index contributed by atoms with van der Waals surface area (Å²) in [5, 5.41) is 0. The van der Waals surface area contributed by atoms with Gasteiger partial charge in [-0.05, 0) is 63.5 Å². The molecular formula is C21H22N2O5. The number of benzene rings is 1. The molecule has 146 valence electrons. The van der Waals surface area contributed by atoms with Crippen LogP contribution in [0.15, 0.2) is 24.3 Å². The first-order chi connectivity index (χ1) is 13.2. The fraction of sp³-hybridized carbons (Fsp3) is 0.524. The summed E-state index contributed by atoms with van der Waals surface area (Å²) < 4.78 is 5.55. The van der Waals surface area contributed by atoms with Gasteiger partial charge in [-0.3, -0.25) is 19.3 Å². The molecule has 5 rings (SSSR count). The van der Waals surface area contributed by atoms with E-state index in [2.05, 4.69) is 0 Å². The van der Waals surface area contributed by atoms with Crippen molar-refractivity contribution >= 4 is 23.8 Å². The van der Waals surface area contributed by atoms with Crippen molar-refractivity contribution in [2.24, 2.45) is 17.8 Å². The second kappa shape index (κ2) is 5.43. The zero-order valence-electron chi connectivity index (χ0n) is 16.0. The van der Waals surface area contributed by atoms with Crippen LogP contribution in [0, 0.1) is 17.8 Å². The summed E-state index contributed by atoms with van der Waals surface area (Å²) in [7, 11) is 0. The molecule has 4 amide bonds. The number of hydrogen-bond donors (Lipinski definition) is 0. The van der Waals surface area contributed by atoms with Gasteiger partial charge >= 0.3 is 6.09 Å². The summed E-state index contributed by atoms with van der Waals surface area (Å²) in [5.41, 5.74) is -0.223. The number of carbonyl (C=O) groups excluding carboxylic acids is 4. The first kappa shape index (κ1) is 17.4. The zero-order chi connectivity index (χ0) is 20.0. The van der Waals surface area contributed by atoms with Crippen LogP contribution in [-0.4, -0.2) is 51.3 Å². The number of fused-ring (bicyclic) bond motifs is 6. The van der Waals surface area contributed by atoms with Crippen LogP contribution in [0.1, 0.15) is 54.3 Å². The van der Waals surface area contributed by atoms with Gasteiger partial charge in [-0.1, -0.05) is 12.1 Å². The lowest BCUT2D eigenvalue weighted by molar-refractivity contribution is -0.133. The number of imide groups is 3. The highest BCUT2D eigenvalue weighted by Crippen LogP contribution is 2.63. The summed E-state index contributed by atoms with van der Waals surface area (Å²) in [6, 6.07) is 5.56. The Kier molecular flexibility index (Phi) is 3.37. The highest BCUT2D eigenvalue weighted by Gasteiger charge is 2.68. The third-order valence-electron chi connectivity index (χ3n) is 6.38. The van der Waals surface area contributed by atoms with Crippen LogP contribution in [0.4, 0.5) is 4.79 Å². The van der Waals surface area contributed by atoms with Crippen molar-refractivity contribution in [2.75, 3.05) is 0 Å². The molecule has 7 heteroatoms. The van der Waals surface area contributed by atoms with Crippen LogP contribution in [-0.2, 0) is 9.53 Å². The van der Waals surface area contributed by atoms with E-state index >= 15 is 0 Å². The van der Waals surface area contributed by atoms with Gasteiger partial charge < -0.3 is 4.74 Å². The van der Waals surface area contributed by atoms with E-state index in [4.69, 9.17) is 4.74 Å². The fourth-order valence-corrected chi connectivity index (χ4v) is 5.28. The molecule has 0 spiro atoms. The molecule has 2 heterocycles. The number of amides is 4. The molecule has 2 aliphatic heterocycles. The van der Waals surface area contributed by atoms with Crippen LogP contribution in [0.3, 0.4) is 0 Å².